The van der Waals surface area contributed by atoms with Gasteiger partial charge in [-0.15, -0.1) is 0 Å². The van der Waals surface area contributed by atoms with E-state index in [9.17, 15) is 4.79 Å². The summed E-state index contributed by atoms with van der Waals surface area (Å²) in [6.45, 7) is 1.64. The second-order valence-corrected chi connectivity index (χ2v) is 6.21. The number of hydrogen-bond donors (Lipinski definition) is 0. The molecule has 16 heavy (non-hydrogen) atoms. The van der Waals surface area contributed by atoms with Gasteiger partial charge >= 0.3 is 5.71 Å². The molecule has 86 valence electrons. The van der Waals surface area contributed by atoms with Gasteiger partial charge in [-0.1, -0.05) is 0 Å². The van der Waals surface area contributed by atoms with Crippen LogP contribution in [0.5, 0.6) is 0 Å². The highest BCUT2D eigenvalue weighted by Gasteiger charge is 2.56. The molecule has 0 aromatic heterocycles. The Morgan fingerprint density at radius 2 is 1.56 bits per heavy atom. The number of nitrogens with zero attached hydrogens (tertiary/aromatic N) is 2. The van der Waals surface area contributed by atoms with Crippen molar-refractivity contribution in [2.24, 2.45) is 23.2 Å². The monoisotopic (exact) mass is 218 g/mol. The van der Waals surface area contributed by atoms with Crippen molar-refractivity contribution in [2.75, 3.05) is 0 Å². The molecule has 0 saturated heterocycles. The van der Waals surface area contributed by atoms with Crippen LogP contribution in [0.1, 0.15) is 45.4 Å². The van der Waals surface area contributed by atoms with Gasteiger partial charge in [0.2, 0.25) is 5.78 Å². The van der Waals surface area contributed by atoms with Gasteiger partial charge in [0.1, 0.15) is 0 Å². The van der Waals surface area contributed by atoms with Crippen molar-refractivity contribution >= 4 is 11.5 Å². The molecule has 4 rings (SSSR count). The van der Waals surface area contributed by atoms with Gasteiger partial charge in [-0.2, -0.15) is 4.79 Å². The van der Waals surface area contributed by atoms with Crippen LogP contribution < -0.4 is 0 Å². The SMILES string of the molecule is CC(=[N+]=[N-])C(=O)C12CC3CC(CC(C3)C1)C2. The molecule has 0 spiro atoms. The molecule has 4 aliphatic rings. The molecule has 3 heteroatoms. The van der Waals surface area contributed by atoms with Crippen LogP contribution in [0, 0.1) is 23.2 Å². The van der Waals surface area contributed by atoms with Crippen LogP contribution in [-0.2, 0) is 4.79 Å². The average molecular weight is 218 g/mol. The van der Waals surface area contributed by atoms with E-state index in [1.165, 1.54) is 19.3 Å². The first kappa shape index (κ1) is 10.2. The van der Waals surface area contributed by atoms with E-state index in [0.29, 0.717) is 5.71 Å². The van der Waals surface area contributed by atoms with Crippen molar-refractivity contribution in [1.82, 2.24) is 0 Å². The third-order valence-corrected chi connectivity index (χ3v) is 5.00. The van der Waals surface area contributed by atoms with Gasteiger partial charge in [0.15, 0.2) is 0 Å². The van der Waals surface area contributed by atoms with Crippen molar-refractivity contribution in [3.05, 3.63) is 5.53 Å². The number of carbonyl (C=O) groups excluding carboxylic acids is 1. The van der Waals surface area contributed by atoms with Gasteiger partial charge in [0.25, 0.3) is 0 Å². The zero-order valence-electron chi connectivity index (χ0n) is 9.78. The minimum Gasteiger partial charge on any atom is -0.361 e. The fourth-order valence-electron chi connectivity index (χ4n) is 4.82. The fraction of sp³-hybridized carbons (Fsp3) is 0.846. The zero-order valence-corrected chi connectivity index (χ0v) is 9.78. The van der Waals surface area contributed by atoms with E-state index >= 15 is 0 Å². The van der Waals surface area contributed by atoms with Crippen molar-refractivity contribution < 1.29 is 9.58 Å². The molecule has 0 aliphatic heterocycles. The number of carbonyl (C=O) groups is 1. The minimum atomic E-state index is -0.148. The van der Waals surface area contributed by atoms with Crippen molar-refractivity contribution in [3.8, 4) is 0 Å². The predicted molar refractivity (Wildman–Crippen MR) is 59.9 cm³/mol. The topological polar surface area (TPSA) is 53.5 Å². The highest BCUT2D eigenvalue weighted by Crippen LogP contribution is 2.60. The van der Waals surface area contributed by atoms with Crippen LogP contribution in [0.25, 0.3) is 5.53 Å². The summed E-state index contributed by atoms with van der Waals surface area (Å²) in [6.07, 6.45) is 7.14. The molecule has 4 saturated carbocycles. The number of ketones is 1. The van der Waals surface area contributed by atoms with Crippen LogP contribution in [0.15, 0.2) is 0 Å². The molecule has 0 aromatic carbocycles. The number of Topliss-reactive ketones (excluding diaryl/α,β-unsaturated/α-hetero) is 1. The smallest absolute Gasteiger partial charge is 0.331 e. The standard InChI is InChI=1S/C13H18N2O/c1-8(15-14)12(16)13-5-9-2-10(6-13)4-11(3-9)7-13/h9-11H,2-7H2,1H3. The van der Waals surface area contributed by atoms with Crippen molar-refractivity contribution in [2.45, 2.75) is 45.4 Å². The van der Waals surface area contributed by atoms with E-state index in [-0.39, 0.29) is 11.2 Å². The van der Waals surface area contributed by atoms with Gasteiger partial charge in [-0.3, -0.25) is 4.79 Å². The second kappa shape index (κ2) is 3.27. The molecule has 0 N–H and O–H groups in total. The second-order valence-electron chi connectivity index (χ2n) is 6.21. The molecule has 0 heterocycles. The summed E-state index contributed by atoms with van der Waals surface area (Å²) in [6, 6.07) is 0. The van der Waals surface area contributed by atoms with Crippen molar-refractivity contribution in [1.29, 1.82) is 0 Å². The summed E-state index contributed by atoms with van der Waals surface area (Å²) in [5.41, 5.74) is 8.93. The lowest BCUT2D eigenvalue weighted by Crippen LogP contribution is -2.51. The first-order chi connectivity index (χ1) is 7.63. The maximum Gasteiger partial charge on any atom is 0.331 e. The molecule has 0 unspecified atom stereocenters. The summed E-state index contributed by atoms with van der Waals surface area (Å²) in [5, 5.41) is 0. The highest BCUT2D eigenvalue weighted by molar-refractivity contribution is 6.38. The van der Waals surface area contributed by atoms with E-state index in [1.807, 2.05) is 0 Å². The van der Waals surface area contributed by atoms with Crippen LogP contribution in [0.2, 0.25) is 0 Å². The first-order valence-electron chi connectivity index (χ1n) is 6.36. The third-order valence-electron chi connectivity index (χ3n) is 5.00. The molecular formula is C13H18N2O. The molecular weight excluding hydrogens is 200 g/mol. The Hall–Kier alpha value is -0.950. The fourth-order valence-corrected chi connectivity index (χ4v) is 4.82. The normalized spacial score (nSPS) is 44.2. The summed E-state index contributed by atoms with van der Waals surface area (Å²) >= 11 is 0. The van der Waals surface area contributed by atoms with Gasteiger partial charge in [-0.05, 0) is 56.3 Å². The molecule has 0 radical (unpaired) electrons. The van der Waals surface area contributed by atoms with Crippen LogP contribution in [-0.4, -0.2) is 16.3 Å². The van der Waals surface area contributed by atoms with Crippen LogP contribution >= 0.6 is 0 Å². The van der Waals surface area contributed by atoms with Gasteiger partial charge < -0.3 is 5.53 Å². The van der Waals surface area contributed by atoms with Crippen LogP contribution in [0.3, 0.4) is 0 Å². The molecule has 4 bridgehead atoms. The van der Waals surface area contributed by atoms with Gasteiger partial charge in [0, 0.05) is 12.3 Å². The van der Waals surface area contributed by atoms with Gasteiger partial charge in [0.05, 0.1) is 0 Å². The summed E-state index contributed by atoms with van der Waals surface area (Å²) in [4.78, 5) is 15.4. The maximum atomic E-state index is 12.3. The maximum absolute atomic E-state index is 12.3. The van der Waals surface area contributed by atoms with E-state index < -0.39 is 0 Å². The summed E-state index contributed by atoms with van der Waals surface area (Å²) in [7, 11) is 0. The molecule has 3 nitrogen and oxygen atoms in total. The lowest BCUT2D eigenvalue weighted by molar-refractivity contribution is -0.140. The lowest BCUT2D eigenvalue weighted by Gasteiger charge is -2.55. The number of hydrogen-bond acceptors (Lipinski definition) is 1. The molecule has 4 fully saturated rings. The first-order valence-corrected chi connectivity index (χ1v) is 6.36. The average Bonchev–Trinajstić information content (AvgIpc) is 2.25. The highest BCUT2D eigenvalue weighted by atomic mass is 16.1. The van der Waals surface area contributed by atoms with Crippen molar-refractivity contribution in [3.63, 3.8) is 0 Å². The third kappa shape index (κ3) is 1.31. The van der Waals surface area contributed by atoms with E-state index in [1.54, 1.807) is 6.92 Å². The Morgan fingerprint density at radius 1 is 1.12 bits per heavy atom. The molecule has 4 aliphatic carbocycles. The quantitative estimate of drug-likeness (QED) is 0.399. The Labute approximate surface area is 95.8 Å². The zero-order chi connectivity index (χ0) is 11.3. The van der Waals surface area contributed by atoms with E-state index in [0.717, 1.165) is 37.0 Å². The Bertz CT molecular complexity index is 357. The Kier molecular flexibility index (Phi) is 2.09. The summed E-state index contributed by atoms with van der Waals surface area (Å²) < 4.78 is 0. The lowest BCUT2D eigenvalue weighted by atomic mass is 9.48. The van der Waals surface area contributed by atoms with E-state index in [2.05, 4.69) is 4.79 Å². The largest absolute Gasteiger partial charge is 0.361 e. The minimum absolute atomic E-state index is 0.120. The number of rotatable bonds is 2. The van der Waals surface area contributed by atoms with Crippen LogP contribution in [0.4, 0.5) is 0 Å². The Morgan fingerprint density at radius 3 is 1.94 bits per heavy atom. The molecule has 0 atom stereocenters. The predicted octanol–water partition coefficient (Wildman–Crippen LogP) is 2.46. The molecule has 0 aromatic rings. The Balaban J connectivity index is 1.94. The molecule has 0 amide bonds. The van der Waals surface area contributed by atoms with E-state index in [4.69, 9.17) is 5.53 Å². The van der Waals surface area contributed by atoms with Gasteiger partial charge in [-0.25, -0.2) is 0 Å². The summed E-state index contributed by atoms with van der Waals surface area (Å²) in [5.74, 6) is 2.42.